The van der Waals surface area contributed by atoms with Crippen LogP contribution in [0.1, 0.15) is 52.9 Å². The molecule has 4 rings (SSSR count). The Bertz CT molecular complexity index is 1110. The molecule has 1 aliphatic rings. The highest BCUT2D eigenvalue weighted by atomic mass is 32.1. The number of rotatable bonds is 9. The third kappa shape index (κ3) is 6.69. The molecule has 0 spiro atoms. The maximum atomic E-state index is 13.7. The zero-order chi connectivity index (χ0) is 24.6. The van der Waals surface area contributed by atoms with Crippen LogP contribution in [0.25, 0.3) is 0 Å². The smallest absolute Gasteiger partial charge is 0.254 e. The molecule has 5 nitrogen and oxygen atoms in total. The van der Waals surface area contributed by atoms with Gasteiger partial charge < -0.3 is 14.5 Å². The predicted octanol–water partition coefficient (Wildman–Crippen LogP) is 5.90. The first-order valence-electron chi connectivity index (χ1n) is 12.0. The summed E-state index contributed by atoms with van der Waals surface area (Å²) in [5.41, 5.74) is 1.37. The SMILES string of the molecule is COc1cccc(C(=O)N(CC(=O)N(Cc2ccc(F)cc2)Cc2cccs2)C2CCCCC2)c1. The van der Waals surface area contributed by atoms with Gasteiger partial charge in [0.15, 0.2) is 0 Å². The Kier molecular flexibility index (Phi) is 8.53. The van der Waals surface area contributed by atoms with Crippen molar-refractivity contribution in [3.05, 3.63) is 87.9 Å². The minimum absolute atomic E-state index is 0.00722. The van der Waals surface area contributed by atoms with Crippen molar-refractivity contribution >= 4 is 23.2 Å². The van der Waals surface area contributed by atoms with Crippen LogP contribution in [0.15, 0.2) is 66.0 Å². The van der Waals surface area contributed by atoms with Crippen LogP contribution in [-0.2, 0) is 17.9 Å². The van der Waals surface area contributed by atoms with Crippen LogP contribution in [0, 0.1) is 5.82 Å². The van der Waals surface area contributed by atoms with E-state index in [1.807, 2.05) is 17.5 Å². The number of amides is 2. The van der Waals surface area contributed by atoms with Crippen LogP contribution >= 0.6 is 11.3 Å². The van der Waals surface area contributed by atoms with Gasteiger partial charge in [0.05, 0.1) is 13.7 Å². The zero-order valence-corrected chi connectivity index (χ0v) is 20.8. The number of carbonyl (C=O) groups is 2. The molecule has 2 amide bonds. The molecule has 184 valence electrons. The molecular formula is C28H31FN2O3S. The molecule has 1 saturated carbocycles. The number of carbonyl (C=O) groups excluding carboxylic acids is 2. The van der Waals surface area contributed by atoms with Gasteiger partial charge in [-0.25, -0.2) is 4.39 Å². The number of benzene rings is 2. The van der Waals surface area contributed by atoms with Crippen LogP contribution < -0.4 is 4.74 Å². The van der Waals surface area contributed by atoms with Crippen LogP contribution in [0.4, 0.5) is 4.39 Å². The minimum atomic E-state index is -0.308. The average Bonchev–Trinajstić information content (AvgIpc) is 3.41. The van der Waals surface area contributed by atoms with Crippen molar-refractivity contribution in [1.29, 1.82) is 0 Å². The number of hydrogen-bond donors (Lipinski definition) is 0. The van der Waals surface area contributed by atoms with E-state index in [2.05, 4.69) is 0 Å². The molecule has 1 heterocycles. The Morgan fingerprint density at radius 1 is 1.00 bits per heavy atom. The molecule has 0 aliphatic heterocycles. The highest BCUT2D eigenvalue weighted by molar-refractivity contribution is 7.09. The van der Waals surface area contributed by atoms with E-state index in [0.29, 0.717) is 24.4 Å². The van der Waals surface area contributed by atoms with Crippen molar-refractivity contribution in [2.75, 3.05) is 13.7 Å². The molecule has 1 fully saturated rings. The second-order valence-corrected chi connectivity index (χ2v) is 9.94. The van der Waals surface area contributed by atoms with Gasteiger partial charge in [0, 0.05) is 23.0 Å². The van der Waals surface area contributed by atoms with Crippen molar-refractivity contribution in [1.82, 2.24) is 9.80 Å². The van der Waals surface area contributed by atoms with E-state index in [0.717, 1.165) is 42.5 Å². The first kappa shape index (κ1) is 24.9. The molecule has 0 radical (unpaired) electrons. The van der Waals surface area contributed by atoms with E-state index < -0.39 is 0 Å². The molecule has 0 bridgehead atoms. The van der Waals surface area contributed by atoms with Gasteiger partial charge in [-0.05, 0) is 60.2 Å². The van der Waals surface area contributed by atoms with Gasteiger partial charge in [0.2, 0.25) is 5.91 Å². The molecule has 7 heteroatoms. The number of methoxy groups -OCH3 is 1. The lowest BCUT2D eigenvalue weighted by Crippen LogP contribution is -2.48. The standard InChI is InChI=1S/C28H31FN2O3S/c1-34-25-10-5-7-22(17-25)28(33)31(24-8-3-2-4-9-24)20-27(32)30(19-26-11-6-16-35-26)18-21-12-14-23(29)15-13-21/h5-7,10-17,24H,2-4,8-9,18-20H2,1H3. The number of ether oxygens (including phenoxy) is 1. The summed E-state index contributed by atoms with van der Waals surface area (Å²) in [4.78, 5) is 31.9. The Morgan fingerprint density at radius 2 is 1.77 bits per heavy atom. The lowest BCUT2D eigenvalue weighted by Gasteiger charge is -2.35. The van der Waals surface area contributed by atoms with Gasteiger partial charge in [-0.15, -0.1) is 11.3 Å². The molecule has 35 heavy (non-hydrogen) atoms. The summed E-state index contributed by atoms with van der Waals surface area (Å²) < 4.78 is 18.7. The lowest BCUT2D eigenvalue weighted by atomic mass is 9.93. The number of halogens is 1. The Balaban J connectivity index is 1.58. The van der Waals surface area contributed by atoms with Gasteiger partial charge in [0.1, 0.15) is 18.1 Å². The Morgan fingerprint density at radius 3 is 2.46 bits per heavy atom. The van der Waals surface area contributed by atoms with E-state index in [-0.39, 0.29) is 30.2 Å². The molecule has 1 aromatic heterocycles. The van der Waals surface area contributed by atoms with Crippen LogP contribution in [0.5, 0.6) is 5.75 Å². The van der Waals surface area contributed by atoms with Gasteiger partial charge in [0.25, 0.3) is 5.91 Å². The van der Waals surface area contributed by atoms with E-state index in [4.69, 9.17) is 4.74 Å². The van der Waals surface area contributed by atoms with E-state index in [1.165, 1.54) is 12.1 Å². The van der Waals surface area contributed by atoms with Gasteiger partial charge in [-0.2, -0.15) is 0 Å². The largest absolute Gasteiger partial charge is 0.497 e. The van der Waals surface area contributed by atoms with E-state index >= 15 is 0 Å². The Labute approximate surface area is 210 Å². The van der Waals surface area contributed by atoms with E-state index in [9.17, 15) is 14.0 Å². The van der Waals surface area contributed by atoms with Crippen molar-refractivity contribution in [2.45, 2.75) is 51.2 Å². The molecule has 3 aromatic rings. The van der Waals surface area contributed by atoms with E-state index in [1.54, 1.807) is 64.6 Å². The third-order valence-electron chi connectivity index (χ3n) is 6.46. The summed E-state index contributed by atoms with van der Waals surface area (Å²) >= 11 is 1.59. The maximum absolute atomic E-state index is 13.7. The fourth-order valence-corrected chi connectivity index (χ4v) is 5.28. The maximum Gasteiger partial charge on any atom is 0.254 e. The monoisotopic (exact) mass is 494 g/mol. The number of nitrogens with zero attached hydrogens (tertiary/aromatic N) is 2. The molecule has 1 aliphatic carbocycles. The number of hydrogen-bond acceptors (Lipinski definition) is 4. The summed E-state index contributed by atoms with van der Waals surface area (Å²) in [6, 6.07) is 17.3. The fraction of sp³-hybridized carbons (Fsp3) is 0.357. The van der Waals surface area contributed by atoms with Gasteiger partial charge in [-0.3, -0.25) is 9.59 Å². The third-order valence-corrected chi connectivity index (χ3v) is 7.33. The van der Waals surface area contributed by atoms with Crippen molar-refractivity contribution in [2.24, 2.45) is 0 Å². The highest BCUT2D eigenvalue weighted by Crippen LogP contribution is 2.26. The quantitative estimate of drug-likeness (QED) is 0.372. The second kappa shape index (κ2) is 12.0. The summed E-state index contributed by atoms with van der Waals surface area (Å²) in [5.74, 6) is 0.0326. The fourth-order valence-electron chi connectivity index (χ4n) is 4.56. The summed E-state index contributed by atoms with van der Waals surface area (Å²) in [6.07, 6.45) is 5.04. The highest BCUT2D eigenvalue weighted by Gasteiger charge is 2.30. The van der Waals surface area contributed by atoms with Crippen molar-refractivity contribution < 1.29 is 18.7 Å². The van der Waals surface area contributed by atoms with Crippen LogP contribution in [0.3, 0.4) is 0 Å². The summed E-state index contributed by atoms with van der Waals surface area (Å²) in [6.45, 7) is 0.801. The topological polar surface area (TPSA) is 49.9 Å². The number of thiophene rings is 1. The minimum Gasteiger partial charge on any atom is -0.497 e. The van der Waals surface area contributed by atoms with Crippen molar-refractivity contribution in [3.63, 3.8) is 0 Å². The first-order chi connectivity index (χ1) is 17.0. The normalized spacial score (nSPS) is 13.9. The molecule has 0 atom stereocenters. The van der Waals surface area contributed by atoms with Crippen LogP contribution in [0.2, 0.25) is 0 Å². The van der Waals surface area contributed by atoms with Crippen molar-refractivity contribution in [3.8, 4) is 5.75 Å². The zero-order valence-electron chi connectivity index (χ0n) is 20.0. The van der Waals surface area contributed by atoms with Crippen LogP contribution in [-0.4, -0.2) is 41.3 Å². The summed E-state index contributed by atoms with van der Waals surface area (Å²) in [5, 5.41) is 1.98. The van der Waals surface area contributed by atoms with Gasteiger partial charge >= 0.3 is 0 Å². The molecular weight excluding hydrogens is 463 g/mol. The lowest BCUT2D eigenvalue weighted by molar-refractivity contribution is -0.133. The summed E-state index contributed by atoms with van der Waals surface area (Å²) in [7, 11) is 1.57. The second-order valence-electron chi connectivity index (χ2n) is 8.91. The molecule has 0 unspecified atom stereocenters. The molecule has 2 aromatic carbocycles. The molecule has 0 saturated heterocycles. The Hall–Kier alpha value is -3.19. The predicted molar refractivity (Wildman–Crippen MR) is 136 cm³/mol. The van der Waals surface area contributed by atoms with Gasteiger partial charge in [-0.1, -0.05) is 43.5 Å². The molecule has 0 N–H and O–H groups in total. The first-order valence-corrected chi connectivity index (χ1v) is 12.9. The average molecular weight is 495 g/mol.